The van der Waals surface area contributed by atoms with Crippen molar-refractivity contribution in [2.45, 2.75) is 293 Å². The molecule has 6 heteroatoms. The Morgan fingerprint density at radius 3 is 0.627 bits per heavy atom. The average molecular weight is 1030 g/mol. The summed E-state index contributed by atoms with van der Waals surface area (Å²) in [7, 11) is 0. The molecule has 6 fully saturated rings. The lowest BCUT2D eigenvalue weighted by atomic mass is 9.91. The highest BCUT2D eigenvalue weighted by Gasteiger charge is 2.46. The van der Waals surface area contributed by atoms with Gasteiger partial charge in [-0.25, -0.2) is 0 Å². The average Bonchev–Trinajstić information content (AvgIpc) is 4.24. The van der Waals surface area contributed by atoms with Crippen LogP contribution in [0.5, 0.6) is 0 Å². The third-order valence-corrected chi connectivity index (χ3v) is 17.7. The van der Waals surface area contributed by atoms with Crippen LogP contribution in [0.3, 0.4) is 0 Å². The highest BCUT2D eigenvalue weighted by Crippen LogP contribution is 2.36. The van der Waals surface area contributed by atoms with Crippen LogP contribution in [0.4, 0.5) is 0 Å². The molecule has 0 N–H and O–H groups in total. The fraction of sp³-hybridized carbons (Fsp3) is 0.739. The van der Waals surface area contributed by atoms with Gasteiger partial charge >= 0.3 is 0 Å². The maximum absolute atomic E-state index is 2.67. The first-order valence-corrected chi connectivity index (χ1v) is 31.0. The van der Waals surface area contributed by atoms with Gasteiger partial charge in [-0.3, -0.25) is 29.4 Å². The van der Waals surface area contributed by atoms with Gasteiger partial charge in [0.1, 0.15) is 0 Å². The highest BCUT2D eigenvalue weighted by molar-refractivity contribution is 5.32. The second kappa shape index (κ2) is 30.1. The van der Waals surface area contributed by atoms with E-state index in [1.165, 1.54) is 91.9 Å². The lowest BCUT2D eigenvalue weighted by Crippen LogP contribution is -2.50. The van der Waals surface area contributed by atoms with Gasteiger partial charge in [0.2, 0.25) is 0 Å². The maximum atomic E-state index is 2.67. The molecule has 3 aromatic carbocycles. The monoisotopic (exact) mass is 1030 g/mol. The minimum absolute atomic E-state index is 0.642. The van der Waals surface area contributed by atoms with Gasteiger partial charge in [0.05, 0.1) is 0 Å². The summed E-state index contributed by atoms with van der Waals surface area (Å²) in [5.74, 6) is 3.86. The van der Waals surface area contributed by atoms with Crippen LogP contribution in [-0.2, 0) is 0 Å². The van der Waals surface area contributed by atoms with E-state index < -0.39 is 0 Å². The van der Waals surface area contributed by atoms with E-state index in [0.29, 0.717) is 35.5 Å². The topological polar surface area (TPSA) is 19.4 Å². The fourth-order valence-electron chi connectivity index (χ4n) is 13.1. The SMILES string of the molecule is CC(C)N1CC2CC1CN2C(C)C.CC(C)N1C[C@@H]2C[C@H]1CN2C(C)C.CC(C)N1C[C@H]2C[C@@H]1CN2C(C)C.CC(C)c1ccc(C(C)C)cc1.CC(C)c1cccc(C(C)C)c1.CC(C)c1ccccc1C(C)C. The van der Waals surface area contributed by atoms with Crippen molar-refractivity contribution in [2.75, 3.05) is 39.3 Å². The normalized spacial score (nSPS) is 23.8. The smallest absolute Gasteiger partial charge is 0.0242 e. The lowest BCUT2D eigenvalue weighted by molar-refractivity contribution is 0.0849. The van der Waals surface area contributed by atoms with E-state index in [4.69, 9.17) is 0 Å². The Labute approximate surface area is 466 Å². The first-order chi connectivity index (χ1) is 35.1. The van der Waals surface area contributed by atoms with Crippen LogP contribution in [0.25, 0.3) is 0 Å². The van der Waals surface area contributed by atoms with E-state index in [9.17, 15) is 0 Å². The Hall–Kier alpha value is -2.58. The van der Waals surface area contributed by atoms with Gasteiger partial charge in [-0.2, -0.15) is 0 Å². The minimum Gasteiger partial charge on any atom is -0.295 e. The third-order valence-electron chi connectivity index (χ3n) is 17.7. The van der Waals surface area contributed by atoms with Gasteiger partial charge in [0.15, 0.2) is 0 Å². The Bertz CT molecular complexity index is 1810. The zero-order chi connectivity index (χ0) is 56.2. The molecule has 6 heterocycles. The maximum Gasteiger partial charge on any atom is 0.0242 e. The van der Waals surface area contributed by atoms with Crippen LogP contribution in [-0.4, -0.2) is 141 Å². The van der Waals surface area contributed by atoms with Gasteiger partial charge in [-0.15, -0.1) is 0 Å². The first-order valence-electron chi connectivity index (χ1n) is 31.0. The molecule has 6 atom stereocenters. The molecular formula is C69H120N6. The molecule has 75 heavy (non-hydrogen) atoms. The molecule has 6 nitrogen and oxygen atoms in total. The van der Waals surface area contributed by atoms with Crippen molar-refractivity contribution < 1.29 is 0 Å². The predicted octanol–water partition coefficient (Wildman–Crippen LogP) is 16.5. The number of rotatable bonds is 12. The van der Waals surface area contributed by atoms with Crippen molar-refractivity contribution in [3.8, 4) is 0 Å². The zero-order valence-electron chi connectivity index (χ0n) is 53.4. The summed E-state index contributed by atoms with van der Waals surface area (Å²) in [6.45, 7) is 62.5. The summed E-state index contributed by atoms with van der Waals surface area (Å²) in [6.07, 6.45) is 4.24. The molecule has 6 aliphatic rings. The molecule has 2 unspecified atom stereocenters. The summed E-state index contributed by atoms with van der Waals surface area (Å²) < 4.78 is 0. The number of fused-ring (bicyclic) bond motifs is 6. The Balaban J connectivity index is 0.000000195. The second-order valence-corrected chi connectivity index (χ2v) is 27.3. The first kappa shape index (κ1) is 64.9. The van der Waals surface area contributed by atoms with E-state index >= 15 is 0 Å². The van der Waals surface area contributed by atoms with Crippen LogP contribution >= 0.6 is 0 Å². The summed E-state index contributed by atoms with van der Waals surface area (Å²) in [5, 5.41) is 0. The van der Waals surface area contributed by atoms with Crippen LogP contribution < -0.4 is 0 Å². The van der Waals surface area contributed by atoms with Crippen LogP contribution in [0.1, 0.15) is 254 Å². The fourth-order valence-corrected chi connectivity index (χ4v) is 13.1. The van der Waals surface area contributed by atoms with Crippen LogP contribution in [0.2, 0.25) is 0 Å². The molecule has 6 saturated heterocycles. The third kappa shape index (κ3) is 18.5. The van der Waals surface area contributed by atoms with Gasteiger partial charge < -0.3 is 0 Å². The van der Waals surface area contributed by atoms with Crippen molar-refractivity contribution in [1.82, 2.24) is 29.4 Å². The van der Waals surface area contributed by atoms with Crippen molar-refractivity contribution >= 4 is 0 Å². The molecule has 0 radical (unpaired) electrons. The molecule has 0 amide bonds. The van der Waals surface area contributed by atoms with E-state index in [1.807, 2.05) is 0 Å². The van der Waals surface area contributed by atoms with Crippen molar-refractivity contribution in [1.29, 1.82) is 0 Å². The number of hydrogen-bond acceptors (Lipinski definition) is 6. The molecule has 0 aromatic heterocycles. The van der Waals surface area contributed by atoms with E-state index in [0.717, 1.165) is 72.5 Å². The second-order valence-electron chi connectivity index (χ2n) is 27.3. The highest BCUT2D eigenvalue weighted by atomic mass is 15.4. The van der Waals surface area contributed by atoms with E-state index in [1.54, 1.807) is 0 Å². The zero-order valence-corrected chi connectivity index (χ0v) is 53.4. The van der Waals surface area contributed by atoms with Crippen molar-refractivity contribution in [3.63, 3.8) is 0 Å². The Morgan fingerprint density at radius 2 is 0.467 bits per heavy atom. The molecule has 3 aromatic rings. The Morgan fingerprint density at radius 1 is 0.253 bits per heavy atom. The number of nitrogens with zero attached hydrogens (tertiary/aromatic N) is 6. The van der Waals surface area contributed by atoms with Crippen LogP contribution in [0, 0.1) is 0 Å². The molecule has 6 bridgehead atoms. The minimum atomic E-state index is 0.642. The van der Waals surface area contributed by atoms with Gasteiger partial charge in [0.25, 0.3) is 0 Å². The molecule has 6 aliphatic heterocycles. The van der Waals surface area contributed by atoms with E-state index in [-0.39, 0.29) is 0 Å². The lowest BCUT2D eigenvalue weighted by Gasteiger charge is -2.38. The predicted molar refractivity (Wildman–Crippen MR) is 331 cm³/mol. The van der Waals surface area contributed by atoms with Crippen molar-refractivity contribution in [2.24, 2.45) is 0 Å². The summed E-state index contributed by atoms with van der Waals surface area (Å²) in [6, 6.07) is 36.1. The molecule has 426 valence electrons. The standard InChI is InChI=1S/3C12H18.3C11H22N2/c1-9(2)11-5-7-12(8-6-11)10(3)4;1-9(2)11-6-5-7-12(8-11)10(3)4;1-9(2)11-7-5-6-8-12(11)10(3)4;3*1-8(2)12-6-11-5-10(12)7-13(11)9(3)4/h3*5-10H,1-4H3;3*8-11H,5-7H2,1-4H3/t;;;2*10-,11-;/m...10./s1. The molecule has 0 saturated carbocycles. The number of hydrogen-bond donors (Lipinski definition) is 0. The number of piperazine rings is 3. The Kier molecular flexibility index (Phi) is 26.1. The van der Waals surface area contributed by atoms with Gasteiger partial charge in [0, 0.05) is 112 Å². The molecule has 0 spiro atoms. The van der Waals surface area contributed by atoms with Crippen molar-refractivity contribution in [3.05, 3.63) is 106 Å². The van der Waals surface area contributed by atoms with Gasteiger partial charge in [-0.05, 0) is 171 Å². The number of likely N-dealkylation sites (tertiary alicyclic amines) is 6. The number of benzene rings is 3. The molecule has 9 rings (SSSR count). The summed E-state index contributed by atoms with van der Waals surface area (Å²) in [5.41, 5.74) is 8.74. The quantitative estimate of drug-likeness (QED) is 0.179. The van der Waals surface area contributed by atoms with E-state index in [2.05, 4.69) is 268 Å². The largest absolute Gasteiger partial charge is 0.295 e. The molecule has 0 aliphatic carbocycles. The van der Waals surface area contributed by atoms with Gasteiger partial charge in [-0.1, -0.05) is 156 Å². The summed E-state index contributed by atoms with van der Waals surface area (Å²) in [4.78, 5) is 16.0. The van der Waals surface area contributed by atoms with Crippen LogP contribution in [0.15, 0.2) is 72.8 Å². The molecular weight excluding hydrogens is 913 g/mol. The summed E-state index contributed by atoms with van der Waals surface area (Å²) >= 11 is 0.